The largest absolute Gasteiger partial charge is 0.328 e. The van der Waals surface area contributed by atoms with Gasteiger partial charge < -0.3 is 5.73 Å². The molecule has 5 heteroatoms. The molecule has 0 bridgehead atoms. The highest BCUT2D eigenvalue weighted by Gasteiger charge is 2.07. The van der Waals surface area contributed by atoms with Crippen molar-refractivity contribution in [2.75, 3.05) is 5.75 Å². The molecular formula is C9H21NO3S. The first-order valence-electron chi connectivity index (χ1n) is 5.02. The van der Waals surface area contributed by atoms with E-state index < -0.39 is 10.1 Å². The van der Waals surface area contributed by atoms with Crippen molar-refractivity contribution < 1.29 is 13.0 Å². The Morgan fingerprint density at radius 3 is 2.29 bits per heavy atom. The Hall–Kier alpha value is -0.130. The third kappa shape index (κ3) is 9.95. The number of nitrogens with two attached hydrogens (primary N) is 1. The van der Waals surface area contributed by atoms with Crippen molar-refractivity contribution in [1.29, 1.82) is 0 Å². The molecule has 0 spiro atoms. The first kappa shape index (κ1) is 13.9. The number of rotatable bonds is 7. The average Bonchev–Trinajstić information content (AvgIpc) is 1.95. The summed E-state index contributed by atoms with van der Waals surface area (Å²) < 4.78 is 29.2. The van der Waals surface area contributed by atoms with Gasteiger partial charge in [0.2, 0.25) is 0 Å². The maximum Gasteiger partial charge on any atom is 0.264 e. The van der Waals surface area contributed by atoms with Crippen molar-refractivity contribution in [3.63, 3.8) is 0 Å². The third-order valence-corrected chi connectivity index (χ3v) is 2.81. The van der Waals surface area contributed by atoms with Crippen LogP contribution in [0, 0.1) is 5.92 Å². The summed E-state index contributed by atoms with van der Waals surface area (Å²) in [6.07, 6.45) is 3.04. The Kier molecular flexibility index (Phi) is 6.31. The van der Waals surface area contributed by atoms with Gasteiger partial charge in [-0.05, 0) is 25.2 Å². The van der Waals surface area contributed by atoms with Gasteiger partial charge in [0.05, 0.1) is 5.75 Å². The molecule has 0 aliphatic heterocycles. The summed E-state index contributed by atoms with van der Waals surface area (Å²) in [5.41, 5.74) is 5.81. The average molecular weight is 223 g/mol. The molecular weight excluding hydrogens is 202 g/mol. The van der Waals surface area contributed by atoms with Crippen molar-refractivity contribution in [2.45, 2.75) is 45.6 Å². The predicted octanol–water partition coefficient (Wildman–Crippen LogP) is 1.42. The van der Waals surface area contributed by atoms with Crippen LogP contribution in [0.25, 0.3) is 0 Å². The lowest BCUT2D eigenvalue weighted by atomic mass is 10.0. The molecule has 0 aromatic rings. The normalized spacial score (nSPS) is 14.6. The molecule has 0 amide bonds. The maximum absolute atomic E-state index is 10.4. The second-order valence-electron chi connectivity index (χ2n) is 4.17. The zero-order chi connectivity index (χ0) is 11.2. The molecule has 0 rings (SSSR count). The lowest BCUT2D eigenvalue weighted by molar-refractivity contribution is 0.454. The second-order valence-corrected chi connectivity index (χ2v) is 5.74. The van der Waals surface area contributed by atoms with E-state index >= 15 is 0 Å². The van der Waals surface area contributed by atoms with Gasteiger partial charge in [0.1, 0.15) is 0 Å². The van der Waals surface area contributed by atoms with Crippen LogP contribution in [0.2, 0.25) is 0 Å². The minimum atomic E-state index is -3.79. The molecule has 0 aromatic heterocycles. The summed E-state index contributed by atoms with van der Waals surface area (Å²) in [5.74, 6) is 0.424. The van der Waals surface area contributed by atoms with E-state index in [2.05, 4.69) is 13.8 Å². The van der Waals surface area contributed by atoms with Crippen molar-refractivity contribution in [3.8, 4) is 0 Å². The molecule has 1 atom stereocenters. The van der Waals surface area contributed by atoms with Crippen molar-refractivity contribution in [1.82, 2.24) is 0 Å². The second kappa shape index (κ2) is 6.37. The lowest BCUT2D eigenvalue weighted by Gasteiger charge is -2.13. The van der Waals surface area contributed by atoms with Crippen LogP contribution in [-0.4, -0.2) is 24.8 Å². The fourth-order valence-corrected chi connectivity index (χ4v) is 1.98. The standard InChI is InChI=1S/C9H21NO3S/c1-8(2)7-9(10)5-3-4-6-14(11,12)13/h8-9H,3-7,10H2,1-2H3,(H,11,12,13)/t9-/m0/s1. The van der Waals surface area contributed by atoms with Crippen molar-refractivity contribution in [2.24, 2.45) is 11.7 Å². The molecule has 0 heterocycles. The van der Waals surface area contributed by atoms with Crippen molar-refractivity contribution in [3.05, 3.63) is 0 Å². The molecule has 4 nitrogen and oxygen atoms in total. The van der Waals surface area contributed by atoms with Crippen LogP contribution in [0.4, 0.5) is 0 Å². The summed E-state index contributed by atoms with van der Waals surface area (Å²) in [6, 6.07) is 0.149. The Morgan fingerprint density at radius 2 is 1.86 bits per heavy atom. The van der Waals surface area contributed by atoms with Gasteiger partial charge in [-0.15, -0.1) is 0 Å². The fraction of sp³-hybridized carbons (Fsp3) is 1.00. The maximum atomic E-state index is 10.4. The van der Waals surface area contributed by atoms with Gasteiger partial charge in [0.15, 0.2) is 0 Å². The molecule has 0 unspecified atom stereocenters. The molecule has 0 aliphatic rings. The van der Waals surface area contributed by atoms with E-state index in [1.54, 1.807) is 0 Å². The topological polar surface area (TPSA) is 80.4 Å². The number of hydrogen-bond donors (Lipinski definition) is 2. The number of hydrogen-bond acceptors (Lipinski definition) is 3. The molecule has 0 radical (unpaired) electrons. The van der Waals surface area contributed by atoms with Crippen LogP contribution in [-0.2, 0) is 10.1 Å². The highest BCUT2D eigenvalue weighted by molar-refractivity contribution is 7.85. The predicted molar refractivity (Wildman–Crippen MR) is 57.7 cm³/mol. The van der Waals surface area contributed by atoms with Gasteiger partial charge in [-0.25, -0.2) is 0 Å². The quantitative estimate of drug-likeness (QED) is 0.505. The van der Waals surface area contributed by atoms with E-state index in [1.165, 1.54) is 0 Å². The highest BCUT2D eigenvalue weighted by atomic mass is 32.2. The first-order valence-corrected chi connectivity index (χ1v) is 6.63. The smallest absolute Gasteiger partial charge is 0.264 e. The van der Waals surface area contributed by atoms with Crippen LogP contribution in [0.5, 0.6) is 0 Å². The van der Waals surface area contributed by atoms with Gasteiger partial charge in [-0.1, -0.05) is 20.3 Å². The van der Waals surface area contributed by atoms with Crippen LogP contribution < -0.4 is 5.73 Å². The van der Waals surface area contributed by atoms with E-state index in [0.29, 0.717) is 12.3 Å². The van der Waals surface area contributed by atoms with Crippen LogP contribution in [0.3, 0.4) is 0 Å². The van der Waals surface area contributed by atoms with Crippen LogP contribution in [0.15, 0.2) is 0 Å². The van der Waals surface area contributed by atoms with Crippen LogP contribution >= 0.6 is 0 Å². The molecule has 14 heavy (non-hydrogen) atoms. The summed E-state index contributed by atoms with van der Waals surface area (Å²) in [4.78, 5) is 0. The monoisotopic (exact) mass is 223 g/mol. The minimum Gasteiger partial charge on any atom is -0.328 e. The molecule has 0 fully saturated rings. The van der Waals surface area contributed by atoms with E-state index in [9.17, 15) is 8.42 Å². The zero-order valence-electron chi connectivity index (χ0n) is 8.94. The van der Waals surface area contributed by atoms with E-state index in [0.717, 1.165) is 19.3 Å². The van der Waals surface area contributed by atoms with Crippen LogP contribution in [0.1, 0.15) is 39.5 Å². The Balaban J connectivity index is 3.45. The SMILES string of the molecule is CC(C)C[C@@H](N)CCCCS(=O)(=O)O. The molecule has 3 N–H and O–H groups in total. The molecule has 0 aliphatic carbocycles. The van der Waals surface area contributed by atoms with Gasteiger partial charge in [0, 0.05) is 6.04 Å². The summed E-state index contributed by atoms with van der Waals surface area (Å²) in [7, 11) is -3.79. The fourth-order valence-electron chi connectivity index (χ4n) is 1.41. The van der Waals surface area contributed by atoms with Gasteiger partial charge in [-0.2, -0.15) is 8.42 Å². The number of unbranched alkanes of at least 4 members (excludes halogenated alkanes) is 1. The zero-order valence-corrected chi connectivity index (χ0v) is 9.76. The molecule has 0 saturated carbocycles. The van der Waals surface area contributed by atoms with Crippen molar-refractivity contribution >= 4 is 10.1 Å². The van der Waals surface area contributed by atoms with E-state index in [1.807, 2.05) is 0 Å². The highest BCUT2D eigenvalue weighted by Crippen LogP contribution is 2.09. The Labute approximate surface area is 86.6 Å². The molecule has 0 saturated heterocycles. The van der Waals surface area contributed by atoms with E-state index in [4.69, 9.17) is 10.3 Å². The summed E-state index contributed by atoms with van der Waals surface area (Å²) >= 11 is 0. The van der Waals surface area contributed by atoms with Gasteiger partial charge in [-0.3, -0.25) is 4.55 Å². The third-order valence-electron chi connectivity index (χ3n) is 2.00. The summed E-state index contributed by atoms with van der Waals surface area (Å²) in [5, 5.41) is 0. The Bertz CT molecular complexity index is 236. The molecule has 86 valence electrons. The Morgan fingerprint density at radius 1 is 1.29 bits per heavy atom. The van der Waals surface area contributed by atoms with Gasteiger partial charge in [0.25, 0.3) is 10.1 Å². The van der Waals surface area contributed by atoms with Gasteiger partial charge >= 0.3 is 0 Å². The minimum absolute atomic E-state index is 0.149. The summed E-state index contributed by atoms with van der Waals surface area (Å²) in [6.45, 7) is 4.22. The van der Waals surface area contributed by atoms with E-state index in [-0.39, 0.29) is 11.8 Å². The lowest BCUT2D eigenvalue weighted by Crippen LogP contribution is -2.22. The molecule has 0 aromatic carbocycles. The first-order chi connectivity index (χ1) is 6.31.